The van der Waals surface area contributed by atoms with Crippen molar-refractivity contribution in [3.05, 3.63) is 35.0 Å². The quantitative estimate of drug-likeness (QED) is 0.663. The molecule has 1 amide bonds. The number of rotatable bonds is 1. The predicted molar refractivity (Wildman–Crippen MR) is 113 cm³/mol. The molecule has 2 heterocycles. The van der Waals surface area contributed by atoms with E-state index in [0.717, 1.165) is 40.3 Å². The smallest absolute Gasteiger partial charge is 0.410 e. The lowest BCUT2D eigenvalue weighted by atomic mass is 10.1. The lowest BCUT2D eigenvalue weighted by Crippen LogP contribution is -2.50. The van der Waals surface area contributed by atoms with Gasteiger partial charge in [0.25, 0.3) is 0 Å². The molecule has 2 aromatic rings. The molecule has 6 heteroatoms. The van der Waals surface area contributed by atoms with Crippen LogP contribution in [0, 0.1) is 6.92 Å². The van der Waals surface area contributed by atoms with E-state index in [0.29, 0.717) is 13.1 Å². The van der Waals surface area contributed by atoms with E-state index in [-0.39, 0.29) is 6.09 Å². The zero-order chi connectivity index (χ0) is 20.2. The maximum absolute atomic E-state index is 12.2. The van der Waals surface area contributed by atoms with Gasteiger partial charge in [-0.25, -0.2) is 4.79 Å². The predicted octanol–water partition coefficient (Wildman–Crippen LogP) is 5.28. The third kappa shape index (κ3) is 5.25. The molecule has 1 aromatic carbocycles. The van der Waals surface area contributed by atoms with Gasteiger partial charge in [-0.3, -0.25) is 4.98 Å². The van der Waals surface area contributed by atoms with E-state index >= 15 is 0 Å². The molecular weight excluding hydrogens is 362 g/mol. The van der Waals surface area contributed by atoms with Crippen molar-refractivity contribution >= 4 is 34.3 Å². The van der Waals surface area contributed by atoms with Crippen molar-refractivity contribution in [3.63, 3.8) is 0 Å². The summed E-state index contributed by atoms with van der Waals surface area (Å²) in [5.41, 5.74) is 2.60. The van der Waals surface area contributed by atoms with Crippen LogP contribution in [0.2, 0.25) is 5.02 Å². The van der Waals surface area contributed by atoms with Crippen molar-refractivity contribution in [1.29, 1.82) is 0 Å². The standard InChI is InChI=1S/C19H24ClN3O2.C2H6/c1-13-11-14-16(12-15(13)20)21-6-5-17(14)22-7-9-23(10-8-22)18(24)25-19(2,3)4;1-2/h5-6,11-12H,7-10H2,1-4H3;1-2H3. The Hall–Kier alpha value is -2.01. The number of carbonyl (C=O) groups excluding carboxylic acids is 1. The summed E-state index contributed by atoms with van der Waals surface area (Å²) in [6, 6.07) is 6.02. The highest BCUT2D eigenvalue weighted by Gasteiger charge is 2.26. The lowest BCUT2D eigenvalue weighted by Gasteiger charge is -2.37. The van der Waals surface area contributed by atoms with Crippen LogP contribution in [0.25, 0.3) is 10.9 Å². The molecular formula is C21H30ClN3O2. The maximum atomic E-state index is 12.2. The Balaban J connectivity index is 0.00000126. The van der Waals surface area contributed by atoms with Crippen LogP contribution in [0.3, 0.4) is 0 Å². The number of ether oxygens (including phenoxy) is 1. The molecule has 0 spiro atoms. The van der Waals surface area contributed by atoms with Crippen LogP contribution in [-0.4, -0.2) is 47.8 Å². The molecule has 1 aliphatic rings. The summed E-state index contributed by atoms with van der Waals surface area (Å²) in [4.78, 5) is 20.7. The monoisotopic (exact) mass is 391 g/mol. The second-order valence-corrected chi connectivity index (χ2v) is 7.81. The Bertz CT molecular complexity index is 794. The fourth-order valence-electron chi connectivity index (χ4n) is 2.99. The van der Waals surface area contributed by atoms with Crippen molar-refractivity contribution in [1.82, 2.24) is 9.88 Å². The number of nitrogens with zero attached hydrogens (tertiary/aromatic N) is 3. The lowest BCUT2D eigenvalue weighted by molar-refractivity contribution is 0.0240. The normalized spacial score (nSPS) is 14.6. The third-order valence-corrected chi connectivity index (χ3v) is 4.68. The SMILES string of the molecule is CC.Cc1cc2c(N3CCN(C(=O)OC(C)(C)C)CC3)ccnc2cc1Cl. The molecule has 3 rings (SSSR count). The fraction of sp³-hybridized carbons (Fsp3) is 0.524. The number of piperazine rings is 1. The van der Waals surface area contributed by atoms with Crippen molar-refractivity contribution in [2.24, 2.45) is 0 Å². The molecule has 1 aliphatic heterocycles. The number of hydrogen-bond acceptors (Lipinski definition) is 4. The highest BCUT2D eigenvalue weighted by atomic mass is 35.5. The molecule has 0 atom stereocenters. The Morgan fingerprint density at radius 3 is 2.37 bits per heavy atom. The van der Waals surface area contributed by atoms with E-state index in [4.69, 9.17) is 16.3 Å². The van der Waals surface area contributed by atoms with Crippen LogP contribution >= 0.6 is 11.6 Å². The van der Waals surface area contributed by atoms with Gasteiger partial charge in [0.1, 0.15) is 5.60 Å². The summed E-state index contributed by atoms with van der Waals surface area (Å²) in [7, 11) is 0. The highest BCUT2D eigenvalue weighted by Crippen LogP contribution is 2.30. The van der Waals surface area contributed by atoms with Crippen LogP contribution in [0.15, 0.2) is 24.4 Å². The zero-order valence-electron chi connectivity index (χ0n) is 17.2. The van der Waals surface area contributed by atoms with E-state index in [2.05, 4.69) is 16.0 Å². The summed E-state index contributed by atoms with van der Waals surface area (Å²) in [6.45, 7) is 14.5. The largest absolute Gasteiger partial charge is 0.444 e. The molecule has 1 aromatic heterocycles. The average Bonchev–Trinajstić information content (AvgIpc) is 2.63. The van der Waals surface area contributed by atoms with Gasteiger partial charge in [0.2, 0.25) is 0 Å². The van der Waals surface area contributed by atoms with Crippen LogP contribution in [0.5, 0.6) is 0 Å². The van der Waals surface area contributed by atoms with Gasteiger partial charge in [-0.05, 0) is 51.5 Å². The Labute approximate surface area is 167 Å². The van der Waals surface area contributed by atoms with Gasteiger partial charge in [0.15, 0.2) is 0 Å². The van der Waals surface area contributed by atoms with Gasteiger partial charge >= 0.3 is 6.09 Å². The van der Waals surface area contributed by atoms with Crippen LogP contribution in [0.1, 0.15) is 40.2 Å². The minimum atomic E-state index is -0.466. The average molecular weight is 392 g/mol. The van der Waals surface area contributed by atoms with Gasteiger partial charge < -0.3 is 14.5 Å². The number of benzene rings is 1. The maximum Gasteiger partial charge on any atom is 0.410 e. The van der Waals surface area contributed by atoms with Gasteiger partial charge in [0, 0.05) is 48.5 Å². The first-order valence-corrected chi connectivity index (χ1v) is 9.90. The number of aromatic nitrogens is 1. The first-order valence-electron chi connectivity index (χ1n) is 9.52. The van der Waals surface area contributed by atoms with E-state index in [1.165, 1.54) is 0 Å². The zero-order valence-corrected chi connectivity index (χ0v) is 17.9. The number of hydrogen-bond donors (Lipinski definition) is 0. The highest BCUT2D eigenvalue weighted by molar-refractivity contribution is 6.32. The Morgan fingerprint density at radius 1 is 1.15 bits per heavy atom. The minimum absolute atomic E-state index is 0.241. The summed E-state index contributed by atoms with van der Waals surface area (Å²) in [5, 5.41) is 1.82. The fourth-order valence-corrected chi connectivity index (χ4v) is 3.15. The number of carbonyl (C=O) groups is 1. The van der Waals surface area contributed by atoms with Crippen molar-refractivity contribution < 1.29 is 9.53 Å². The summed E-state index contributed by atoms with van der Waals surface area (Å²) >= 11 is 6.22. The Morgan fingerprint density at radius 2 is 1.78 bits per heavy atom. The van der Waals surface area contributed by atoms with E-state index in [1.54, 1.807) is 4.90 Å². The molecule has 5 nitrogen and oxygen atoms in total. The first kappa shape index (κ1) is 21.3. The van der Waals surface area contributed by atoms with Gasteiger partial charge in [0.05, 0.1) is 5.52 Å². The molecule has 0 saturated carbocycles. The molecule has 148 valence electrons. The van der Waals surface area contributed by atoms with Crippen LogP contribution in [-0.2, 0) is 4.74 Å². The molecule has 1 saturated heterocycles. The molecule has 1 fully saturated rings. The summed E-state index contributed by atoms with van der Waals surface area (Å²) < 4.78 is 5.46. The molecule has 0 bridgehead atoms. The molecule has 0 N–H and O–H groups in total. The molecule has 0 radical (unpaired) electrons. The minimum Gasteiger partial charge on any atom is -0.444 e. The van der Waals surface area contributed by atoms with Gasteiger partial charge in [-0.15, -0.1) is 0 Å². The second kappa shape index (κ2) is 8.79. The van der Waals surface area contributed by atoms with Gasteiger partial charge in [-0.2, -0.15) is 0 Å². The van der Waals surface area contributed by atoms with E-state index in [9.17, 15) is 4.79 Å². The van der Waals surface area contributed by atoms with Crippen molar-refractivity contribution in [3.8, 4) is 0 Å². The number of halogens is 1. The van der Waals surface area contributed by atoms with Crippen molar-refractivity contribution in [2.75, 3.05) is 31.1 Å². The number of anilines is 1. The van der Waals surface area contributed by atoms with Crippen molar-refractivity contribution in [2.45, 2.75) is 47.1 Å². The summed E-state index contributed by atoms with van der Waals surface area (Å²) in [6.07, 6.45) is 1.57. The summed E-state index contributed by atoms with van der Waals surface area (Å²) in [5.74, 6) is 0. The van der Waals surface area contributed by atoms with E-state index < -0.39 is 5.60 Å². The Kier molecular flexibility index (Phi) is 6.93. The number of fused-ring (bicyclic) bond motifs is 1. The van der Waals surface area contributed by atoms with Gasteiger partial charge in [-0.1, -0.05) is 25.4 Å². The topological polar surface area (TPSA) is 45.7 Å². The first-order chi connectivity index (χ1) is 12.7. The molecule has 27 heavy (non-hydrogen) atoms. The number of amides is 1. The number of aryl methyl sites for hydroxylation is 1. The second-order valence-electron chi connectivity index (χ2n) is 7.40. The molecule has 0 unspecified atom stereocenters. The van der Waals surface area contributed by atoms with Crippen LogP contribution in [0.4, 0.5) is 10.5 Å². The van der Waals surface area contributed by atoms with Crippen LogP contribution < -0.4 is 4.90 Å². The van der Waals surface area contributed by atoms with E-state index in [1.807, 2.05) is 59.9 Å². The number of pyridine rings is 1. The molecule has 0 aliphatic carbocycles. The third-order valence-electron chi connectivity index (χ3n) is 4.27.